The standard InChI is InChI=1S/C9H16N2O6/c1-2-9(17,8(15)16)11-5(7(13)14)3-4-6(10)12/h5,11,17H,2-4H2,1H3,(H2,10,12)(H,13,14)(H,15,16)/t5-,9?/m0/s1. The number of carboxylic acid groups (broad SMARTS) is 2. The van der Waals surface area contributed by atoms with Gasteiger partial charge in [-0.05, 0) is 12.8 Å². The number of aliphatic hydroxyl groups is 1. The van der Waals surface area contributed by atoms with Gasteiger partial charge in [0.05, 0.1) is 0 Å². The monoisotopic (exact) mass is 248 g/mol. The topological polar surface area (TPSA) is 150 Å². The Morgan fingerprint density at radius 3 is 2.18 bits per heavy atom. The summed E-state index contributed by atoms with van der Waals surface area (Å²) in [6.07, 6.45) is -0.633. The molecule has 0 heterocycles. The van der Waals surface area contributed by atoms with E-state index in [4.69, 9.17) is 15.9 Å². The molecule has 0 aromatic rings. The third-order valence-electron chi connectivity index (χ3n) is 2.26. The molecule has 0 aliphatic carbocycles. The Bertz CT molecular complexity index is 319. The Morgan fingerprint density at radius 1 is 1.35 bits per heavy atom. The average molecular weight is 248 g/mol. The van der Waals surface area contributed by atoms with Gasteiger partial charge in [0.25, 0.3) is 0 Å². The van der Waals surface area contributed by atoms with Crippen molar-refractivity contribution in [3.05, 3.63) is 0 Å². The summed E-state index contributed by atoms with van der Waals surface area (Å²) in [5.41, 5.74) is 2.53. The summed E-state index contributed by atoms with van der Waals surface area (Å²) in [5, 5.41) is 29.2. The van der Waals surface area contributed by atoms with Crippen molar-refractivity contribution in [1.29, 1.82) is 0 Å². The number of nitrogens with one attached hydrogen (secondary N) is 1. The van der Waals surface area contributed by atoms with Gasteiger partial charge in [-0.15, -0.1) is 0 Å². The van der Waals surface area contributed by atoms with Gasteiger partial charge in [0.1, 0.15) is 6.04 Å². The molecule has 1 unspecified atom stereocenters. The number of rotatable bonds is 8. The van der Waals surface area contributed by atoms with E-state index in [-0.39, 0.29) is 19.3 Å². The van der Waals surface area contributed by atoms with Crippen LogP contribution in [0.4, 0.5) is 0 Å². The van der Waals surface area contributed by atoms with E-state index in [1.165, 1.54) is 6.92 Å². The molecule has 0 fully saturated rings. The van der Waals surface area contributed by atoms with Gasteiger partial charge in [0.15, 0.2) is 0 Å². The van der Waals surface area contributed by atoms with Gasteiger partial charge in [-0.25, -0.2) is 4.79 Å². The first-order valence-corrected chi connectivity index (χ1v) is 4.97. The maximum atomic E-state index is 10.8. The molecule has 0 radical (unpaired) electrons. The normalized spacial score (nSPS) is 15.9. The van der Waals surface area contributed by atoms with Gasteiger partial charge in [0, 0.05) is 6.42 Å². The van der Waals surface area contributed by atoms with Crippen molar-refractivity contribution in [1.82, 2.24) is 5.32 Å². The molecule has 0 saturated carbocycles. The maximum Gasteiger partial charge on any atom is 0.351 e. The van der Waals surface area contributed by atoms with Crippen molar-refractivity contribution in [2.45, 2.75) is 38.0 Å². The second-order valence-electron chi connectivity index (χ2n) is 3.56. The van der Waals surface area contributed by atoms with E-state index in [1.807, 2.05) is 0 Å². The van der Waals surface area contributed by atoms with Crippen molar-refractivity contribution in [3.8, 4) is 0 Å². The molecule has 0 rings (SSSR count). The number of carbonyl (C=O) groups excluding carboxylic acids is 1. The van der Waals surface area contributed by atoms with Crippen LogP contribution in [-0.4, -0.2) is 44.9 Å². The summed E-state index contributed by atoms with van der Waals surface area (Å²) < 4.78 is 0. The van der Waals surface area contributed by atoms with Crippen LogP contribution in [0.25, 0.3) is 0 Å². The number of carboxylic acids is 2. The summed E-state index contributed by atoms with van der Waals surface area (Å²) in [5.74, 6) is -3.64. The number of hydrogen-bond donors (Lipinski definition) is 5. The van der Waals surface area contributed by atoms with Crippen LogP contribution in [0.3, 0.4) is 0 Å². The molecule has 0 aliphatic heterocycles. The van der Waals surface area contributed by atoms with Crippen molar-refractivity contribution >= 4 is 17.8 Å². The van der Waals surface area contributed by atoms with E-state index < -0.39 is 29.6 Å². The molecule has 0 saturated heterocycles. The highest BCUT2D eigenvalue weighted by Gasteiger charge is 2.38. The smallest absolute Gasteiger partial charge is 0.351 e. The zero-order chi connectivity index (χ0) is 13.6. The fourth-order valence-corrected chi connectivity index (χ4v) is 1.15. The van der Waals surface area contributed by atoms with Crippen molar-refractivity contribution in [2.24, 2.45) is 5.73 Å². The van der Waals surface area contributed by atoms with Crippen molar-refractivity contribution < 1.29 is 29.7 Å². The summed E-state index contributed by atoms with van der Waals surface area (Å²) in [7, 11) is 0. The number of primary amides is 1. The highest BCUT2D eigenvalue weighted by molar-refractivity contribution is 5.80. The van der Waals surface area contributed by atoms with Crippen LogP contribution in [0, 0.1) is 0 Å². The number of carbonyl (C=O) groups is 3. The van der Waals surface area contributed by atoms with Gasteiger partial charge in [0.2, 0.25) is 11.6 Å². The predicted molar refractivity (Wildman–Crippen MR) is 55.9 cm³/mol. The first kappa shape index (κ1) is 15.3. The van der Waals surface area contributed by atoms with Crippen LogP contribution in [0.15, 0.2) is 0 Å². The number of nitrogens with two attached hydrogens (primary N) is 1. The largest absolute Gasteiger partial charge is 0.480 e. The highest BCUT2D eigenvalue weighted by atomic mass is 16.4. The minimum atomic E-state index is -2.33. The zero-order valence-electron chi connectivity index (χ0n) is 9.34. The number of hydrogen-bond acceptors (Lipinski definition) is 5. The van der Waals surface area contributed by atoms with Gasteiger partial charge >= 0.3 is 11.9 Å². The lowest BCUT2D eigenvalue weighted by Crippen LogP contribution is -2.57. The van der Waals surface area contributed by atoms with Gasteiger partial charge in [-0.2, -0.15) is 0 Å². The summed E-state index contributed by atoms with van der Waals surface area (Å²) in [6.45, 7) is 1.38. The van der Waals surface area contributed by atoms with E-state index in [1.54, 1.807) is 0 Å². The Morgan fingerprint density at radius 2 is 1.88 bits per heavy atom. The summed E-state index contributed by atoms with van der Waals surface area (Å²) in [6, 6.07) is -1.36. The van der Waals surface area contributed by atoms with E-state index in [9.17, 15) is 19.5 Å². The lowest BCUT2D eigenvalue weighted by Gasteiger charge is -2.27. The van der Waals surface area contributed by atoms with Crippen LogP contribution < -0.4 is 11.1 Å². The van der Waals surface area contributed by atoms with E-state index in [0.29, 0.717) is 0 Å². The molecule has 1 amide bonds. The van der Waals surface area contributed by atoms with Crippen molar-refractivity contribution in [3.63, 3.8) is 0 Å². The molecule has 0 aromatic heterocycles. The predicted octanol–water partition coefficient (Wildman–Crippen LogP) is -1.52. The molecule has 0 spiro atoms. The van der Waals surface area contributed by atoms with Crippen LogP contribution in [-0.2, 0) is 14.4 Å². The molecule has 8 nitrogen and oxygen atoms in total. The molecule has 98 valence electrons. The molecule has 8 heteroatoms. The van der Waals surface area contributed by atoms with Crippen molar-refractivity contribution in [2.75, 3.05) is 0 Å². The fraction of sp³-hybridized carbons (Fsp3) is 0.667. The van der Waals surface area contributed by atoms with Crippen LogP contribution in [0.1, 0.15) is 26.2 Å². The lowest BCUT2D eigenvalue weighted by atomic mass is 10.1. The minimum Gasteiger partial charge on any atom is -0.480 e. The number of aliphatic carboxylic acids is 2. The van der Waals surface area contributed by atoms with Crippen LogP contribution >= 0.6 is 0 Å². The second-order valence-corrected chi connectivity index (χ2v) is 3.56. The summed E-state index contributed by atoms with van der Waals surface area (Å²) in [4.78, 5) is 32.1. The minimum absolute atomic E-state index is 0.194. The number of amides is 1. The first-order valence-electron chi connectivity index (χ1n) is 4.97. The SMILES string of the molecule is CCC(O)(N[C@@H](CCC(N)=O)C(=O)O)C(=O)O. The average Bonchev–Trinajstić information content (AvgIpc) is 2.22. The Hall–Kier alpha value is -1.67. The fourth-order valence-electron chi connectivity index (χ4n) is 1.15. The van der Waals surface area contributed by atoms with E-state index in [2.05, 4.69) is 5.32 Å². The van der Waals surface area contributed by atoms with E-state index >= 15 is 0 Å². The molecular weight excluding hydrogens is 232 g/mol. The van der Waals surface area contributed by atoms with Gasteiger partial charge < -0.3 is 21.1 Å². The van der Waals surface area contributed by atoms with Gasteiger partial charge in [-0.3, -0.25) is 14.9 Å². The summed E-state index contributed by atoms with van der Waals surface area (Å²) >= 11 is 0. The molecule has 0 bridgehead atoms. The Labute approximate surface area is 97.4 Å². The van der Waals surface area contributed by atoms with Crippen LogP contribution in [0.2, 0.25) is 0 Å². The first-order chi connectivity index (χ1) is 7.73. The van der Waals surface area contributed by atoms with E-state index in [0.717, 1.165) is 0 Å². The van der Waals surface area contributed by atoms with Crippen LogP contribution in [0.5, 0.6) is 0 Å². The van der Waals surface area contributed by atoms with Gasteiger partial charge in [-0.1, -0.05) is 6.92 Å². The second kappa shape index (κ2) is 6.16. The lowest BCUT2D eigenvalue weighted by molar-refractivity contribution is -0.165. The third-order valence-corrected chi connectivity index (χ3v) is 2.26. The zero-order valence-corrected chi connectivity index (χ0v) is 9.34. The Balaban J connectivity index is 4.68. The Kier molecular flexibility index (Phi) is 5.56. The molecular formula is C9H16N2O6. The molecule has 0 aliphatic rings. The molecule has 2 atom stereocenters. The quantitative estimate of drug-likeness (QED) is 0.327. The maximum absolute atomic E-state index is 10.8. The highest BCUT2D eigenvalue weighted by Crippen LogP contribution is 2.10. The third kappa shape index (κ3) is 4.79. The molecule has 6 N–H and O–H groups in total. The molecule has 17 heavy (non-hydrogen) atoms. The molecule has 0 aromatic carbocycles.